The van der Waals surface area contributed by atoms with Crippen LogP contribution in [0.5, 0.6) is 5.75 Å². The first-order valence-corrected chi connectivity index (χ1v) is 5.34. The van der Waals surface area contributed by atoms with Gasteiger partial charge in [-0.05, 0) is 17.7 Å². The number of ether oxygens (including phenoxy) is 2. The number of aromatic nitrogens is 2. The summed E-state index contributed by atoms with van der Waals surface area (Å²) in [5.41, 5.74) is 1.91. The maximum atomic E-state index is 10.9. The van der Waals surface area contributed by atoms with Gasteiger partial charge in [0.25, 0.3) is 0 Å². The smallest absolute Gasteiger partial charge is 0.343 e. The van der Waals surface area contributed by atoms with Crippen LogP contribution in [0.3, 0.4) is 0 Å². The molecule has 5 heteroatoms. The molecule has 0 aliphatic rings. The zero-order valence-corrected chi connectivity index (χ0v) is 9.87. The molecule has 0 saturated heterocycles. The van der Waals surface area contributed by atoms with Crippen LogP contribution < -0.4 is 4.74 Å². The Morgan fingerprint density at radius 1 is 1.11 bits per heavy atom. The van der Waals surface area contributed by atoms with Gasteiger partial charge in [-0.15, -0.1) is 0 Å². The van der Waals surface area contributed by atoms with Crippen molar-refractivity contribution in [2.75, 3.05) is 13.7 Å². The predicted octanol–water partition coefficient (Wildman–Crippen LogP) is 1.70. The summed E-state index contributed by atoms with van der Waals surface area (Å²) >= 11 is 0. The van der Waals surface area contributed by atoms with Gasteiger partial charge in [0.1, 0.15) is 12.1 Å². The normalized spacial score (nSPS) is 9.83. The second-order valence-electron chi connectivity index (χ2n) is 3.52. The first-order chi connectivity index (χ1) is 8.79. The molecule has 0 saturated carbocycles. The van der Waals surface area contributed by atoms with Crippen LogP contribution in [0.15, 0.2) is 43.0 Å². The van der Waals surface area contributed by atoms with Crippen LogP contribution >= 0.6 is 0 Å². The minimum atomic E-state index is -0.407. The van der Waals surface area contributed by atoms with Gasteiger partial charge in [0.2, 0.25) is 0 Å². The third-order valence-corrected chi connectivity index (χ3v) is 2.33. The van der Waals surface area contributed by atoms with Crippen LogP contribution in [0.4, 0.5) is 0 Å². The lowest BCUT2D eigenvalue weighted by Gasteiger charge is -2.05. The summed E-state index contributed by atoms with van der Waals surface area (Å²) in [5.74, 6) is 0.205. The molecule has 0 N–H and O–H groups in total. The Kier molecular flexibility index (Phi) is 3.86. The summed E-state index contributed by atoms with van der Waals surface area (Å²) in [6, 6.07) is 7.33. The molecule has 92 valence electrons. The van der Waals surface area contributed by atoms with Crippen molar-refractivity contribution >= 4 is 5.97 Å². The molecule has 2 rings (SSSR count). The van der Waals surface area contributed by atoms with Gasteiger partial charge in [-0.2, -0.15) is 0 Å². The first-order valence-electron chi connectivity index (χ1n) is 5.34. The van der Waals surface area contributed by atoms with Gasteiger partial charge in [0.15, 0.2) is 6.61 Å². The van der Waals surface area contributed by atoms with Gasteiger partial charge in [-0.3, -0.25) is 0 Å². The second-order valence-corrected chi connectivity index (χ2v) is 3.52. The topological polar surface area (TPSA) is 61.3 Å². The number of hydrogen-bond acceptors (Lipinski definition) is 5. The van der Waals surface area contributed by atoms with Crippen LogP contribution in [-0.2, 0) is 9.53 Å². The molecule has 0 bridgehead atoms. The molecule has 0 radical (unpaired) electrons. The third kappa shape index (κ3) is 3.04. The summed E-state index contributed by atoms with van der Waals surface area (Å²) in [6.45, 7) is -0.0930. The van der Waals surface area contributed by atoms with Crippen molar-refractivity contribution in [2.24, 2.45) is 0 Å². The van der Waals surface area contributed by atoms with Crippen molar-refractivity contribution in [3.05, 3.63) is 43.0 Å². The monoisotopic (exact) mass is 244 g/mol. The van der Waals surface area contributed by atoms with Crippen LogP contribution in [0, 0.1) is 0 Å². The minimum Gasteiger partial charge on any atom is -0.482 e. The lowest BCUT2D eigenvalue weighted by Crippen LogP contribution is -2.12. The predicted molar refractivity (Wildman–Crippen MR) is 65.0 cm³/mol. The number of benzene rings is 1. The maximum Gasteiger partial charge on any atom is 0.343 e. The van der Waals surface area contributed by atoms with E-state index in [1.807, 2.05) is 12.1 Å². The SMILES string of the molecule is COC(=O)COc1ccc(-c2cncnc2)cc1. The van der Waals surface area contributed by atoms with Crippen LogP contribution in [-0.4, -0.2) is 29.7 Å². The Balaban J connectivity index is 2.04. The highest BCUT2D eigenvalue weighted by Gasteiger charge is 2.02. The average molecular weight is 244 g/mol. The van der Waals surface area contributed by atoms with Crippen molar-refractivity contribution in [2.45, 2.75) is 0 Å². The third-order valence-electron chi connectivity index (χ3n) is 2.33. The fourth-order valence-corrected chi connectivity index (χ4v) is 1.39. The minimum absolute atomic E-state index is 0.0930. The Bertz CT molecular complexity index is 512. The molecule has 1 aromatic carbocycles. The Labute approximate surface area is 104 Å². The Morgan fingerprint density at radius 3 is 2.39 bits per heavy atom. The number of carbonyl (C=O) groups is 1. The molecular formula is C13H12N2O3. The number of carbonyl (C=O) groups excluding carboxylic acids is 1. The molecule has 0 fully saturated rings. The number of methoxy groups -OCH3 is 1. The van der Waals surface area contributed by atoms with E-state index in [9.17, 15) is 4.79 Å². The standard InChI is InChI=1S/C13H12N2O3/c1-17-13(16)8-18-12-4-2-10(3-5-12)11-6-14-9-15-7-11/h2-7,9H,8H2,1H3. The molecule has 1 heterocycles. The molecule has 0 amide bonds. The highest BCUT2D eigenvalue weighted by atomic mass is 16.6. The van der Waals surface area contributed by atoms with E-state index in [-0.39, 0.29) is 6.61 Å². The molecule has 18 heavy (non-hydrogen) atoms. The summed E-state index contributed by atoms with van der Waals surface area (Å²) in [4.78, 5) is 18.8. The fraction of sp³-hybridized carbons (Fsp3) is 0.154. The van der Waals surface area contributed by atoms with Gasteiger partial charge in [0.05, 0.1) is 7.11 Å². The van der Waals surface area contributed by atoms with Crippen molar-refractivity contribution < 1.29 is 14.3 Å². The number of nitrogens with zero attached hydrogens (tertiary/aromatic N) is 2. The molecule has 0 atom stereocenters. The van der Waals surface area contributed by atoms with Crippen molar-refractivity contribution in [3.8, 4) is 16.9 Å². The lowest BCUT2D eigenvalue weighted by atomic mass is 10.1. The van der Waals surface area contributed by atoms with Crippen LogP contribution in [0.25, 0.3) is 11.1 Å². The van der Waals surface area contributed by atoms with E-state index in [1.54, 1.807) is 24.5 Å². The van der Waals surface area contributed by atoms with E-state index < -0.39 is 5.97 Å². The Hall–Kier alpha value is -2.43. The summed E-state index contributed by atoms with van der Waals surface area (Å²) < 4.78 is 9.73. The highest BCUT2D eigenvalue weighted by Crippen LogP contribution is 2.20. The van der Waals surface area contributed by atoms with E-state index in [4.69, 9.17) is 4.74 Å². The average Bonchev–Trinajstić information content (AvgIpc) is 2.46. The molecule has 0 aliphatic carbocycles. The highest BCUT2D eigenvalue weighted by molar-refractivity contribution is 5.71. The van der Waals surface area contributed by atoms with Crippen molar-refractivity contribution in [3.63, 3.8) is 0 Å². The van der Waals surface area contributed by atoms with Crippen molar-refractivity contribution in [1.29, 1.82) is 0 Å². The number of hydrogen-bond donors (Lipinski definition) is 0. The van der Waals surface area contributed by atoms with Gasteiger partial charge in [-0.1, -0.05) is 12.1 Å². The molecule has 0 unspecified atom stereocenters. The maximum absolute atomic E-state index is 10.9. The molecular weight excluding hydrogens is 232 g/mol. The molecule has 0 aliphatic heterocycles. The van der Waals surface area contributed by atoms with E-state index in [0.29, 0.717) is 5.75 Å². The quantitative estimate of drug-likeness (QED) is 0.766. The number of esters is 1. The molecule has 5 nitrogen and oxygen atoms in total. The van der Waals surface area contributed by atoms with Crippen LogP contribution in [0.2, 0.25) is 0 Å². The van der Waals surface area contributed by atoms with Gasteiger partial charge in [0, 0.05) is 18.0 Å². The summed E-state index contributed by atoms with van der Waals surface area (Å²) in [7, 11) is 1.32. The lowest BCUT2D eigenvalue weighted by molar-refractivity contribution is -0.142. The molecule has 0 spiro atoms. The summed E-state index contributed by atoms with van der Waals surface area (Å²) in [5, 5.41) is 0. The van der Waals surface area contributed by atoms with E-state index in [1.165, 1.54) is 13.4 Å². The second kappa shape index (κ2) is 5.77. The zero-order valence-electron chi connectivity index (χ0n) is 9.87. The van der Waals surface area contributed by atoms with E-state index >= 15 is 0 Å². The molecule has 2 aromatic rings. The summed E-state index contributed by atoms with van der Waals surface area (Å²) in [6.07, 6.45) is 4.95. The van der Waals surface area contributed by atoms with Crippen molar-refractivity contribution in [1.82, 2.24) is 9.97 Å². The van der Waals surface area contributed by atoms with Gasteiger partial charge < -0.3 is 9.47 Å². The zero-order chi connectivity index (χ0) is 12.8. The molecule has 1 aromatic heterocycles. The number of rotatable bonds is 4. The largest absolute Gasteiger partial charge is 0.482 e. The first kappa shape index (κ1) is 12.0. The van der Waals surface area contributed by atoms with E-state index in [0.717, 1.165) is 11.1 Å². The van der Waals surface area contributed by atoms with E-state index in [2.05, 4.69) is 14.7 Å². The van der Waals surface area contributed by atoms with Gasteiger partial charge >= 0.3 is 5.97 Å². The van der Waals surface area contributed by atoms with Gasteiger partial charge in [-0.25, -0.2) is 14.8 Å². The fourth-order valence-electron chi connectivity index (χ4n) is 1.39. The Morgan fingerprint density at radius 2 is 1.78 bits per heavy atom. The van der Waals surface area contributed by atoms with Crippen LogP contribution in [0.1, 0.15) is 0 Å².